The van der Waals surface area contributed by atoms with E-state index in [1.54, 1.807) is 0 Å². The maximum Gasteiger partial charge on any atom is 0.211 e. The van der Waals surface area contributed by atoms with Gasteiger partial charge in [0.05, 0.1) is 11.3 Å². The van der Waals surface area contributed by atoms with Gasteiger partial charge in [0.1, 0.15) is 5.52 Å². The fourth-order valence-electron chi connectivity index (χ4n) is 3.76. The number of carbonyl (C=O) groups excluding carboxylic acids is 1. The second-order valence-corrected chi connectivity index (χ2v) is 8.13. The molecule has 0 amide bonds. The fraction of sp³-hybridized carbons (Fsp3) is 0.120. The minimum Gasteiger partial charge on any atom is -0.324 e. The Kier molecular flexibility index (Phi) is 5.22. The van der Waals surface area contributed by atoms with E-state index < -0.39 is 0 Å². The summed E-state index contributed by atoms with van der Waals surface area (Å²) in [5.41, 5.74) is 5.61. The molecule has 0 aliphatic rings. The largest absolute Gasteiger partial charge is 0.324 e. The summed E-state index contributed by atoms with van der Waals surface area (Å²) in [5, 5.41) is 10.2. The number of carbonyl (C=O) groups is 1. The summed E-state index contributed by atoms with van der Waals surface area (Å²) >= 11 is 1.32. The molecule has 5 nitrogen and oxygen atoms in total. The Bertz CT molecular complexity index is 1380. The van der Waals surface area contributed by atoms with Crippen LogP contribution >= 0.6 is 11.8 Å². The summed E-state index contributed by atoms with van der Waals surface area (Å²) in [4.78, 5) is 17.4. The summed E-state index contributed by atoms with van der Waals surface area (Å²) in [6, 6.07) is 26.0. The summed E-state index contributed by atoms with van der Waals surface area (Å²) < 4.78 is 2.13. The van der Waals surface area contributed by atoms with Crippen molar-refractivity contribution >= 4 is 39.6 Å². The maximum atomic E-state index is 12.7. The molecule has 0 atom stereocenters. The monoisotopic (exact) mass is 424 g/mol. The van der Waals surface area contributed by atoms with Gasteiger partial charge in [0.25, 0.3) is 0 Å². The van der Waals surface area contributed by atoms with Crippen LogP contribution in [0.1, 0.15) is 17.3 Å². The van der Waals surface area contributed by atoms with Gasteiger partial charge in [-0.1, -0.05) is 84.6 Å². The van der Waals surface area contributed by atoms with Crippen molar-refractivity contribution in [2.24, 2.45) is 0 Å². The van der Waals surface area contributed by atoms with E-state index >= 15 is 0 Å². The first-order valence-corrected chi connectivity index (χ1v) is 11.2. The van der Waals surface area contributed by atoms with Crippen LogP contribution < -0.4 is 0 Å². The topological polar surface area (TPSA) is 60.7 Å². The average molecular weight is 425 g/mol. The third-order valence-corrected chi connectivity index (χ3v) is 6.15. The molecule has 3 aromatic carbocycles. The predicted molar refractivity (Wildman–Crippen MR) is 125 cm³/mol. The number of thioether (sulfide) groups is 1. The maximum absolute atomic E-state index is 12.7. The van der Waals surface area contributed by atoms with Crippen LogP contribution in [0.25, 0.3) is 33.2 Å². The van der Waals surface area contributed by atoms with Gasteiger partial charge in [0, 0.05) is 17.5 Å². The fourth-order valence-corrected chi connectivity index (χ4v) is 4.44. The molecular formula is C25H20N4OS. The number of hydrogen-bond acceptors (Lipinski definition) is 5. The van der Waals surface area contributed by atoms with Crippen molar-refractivity contribution in [2.45, 2.75) is 18.6 Å². The lowest BCUT2D eigenvalue weighted by Gasteiger charge is -2.05. The second kappa shape index (κ2) is 8.32. The van der Waals surface area contributed by atoms with Crippen LogP contribution in [0.3, 0.4) is 0 Å². The van der Waals surface area contributed by atoms with E-state index in [9.17, 15) is 4.79 Å². The number of Topliss-reactive ketones (excluding diaryl/α,β-unsaturated/α-hetero) is 1. The number of aromatic nitrogens is 4. The molecule has 31 heavy (non-hydrogen) atoms. The zero-order chi connectivity index (χ0) is 21.2. The van der Waals surface area contributed by atoms with Gasteiger partial charge in [0.2, 0.25) is 5.16 Å². The van der Waals surface area contributed by atoms with E-state index in [4.69, 9.17) is 4.98 Å². The third kappa shape index (κ3) is 3.70. The highest BCUT2D eigenvalue weighted by molar-refractivity contribution is 7.99. The number of para-hydroxylation sites is 1. The summed E-state index contributed by atoms with van der Waals surface area (Å²) in [7, 11) is 0. The molecule has 0 saturated carbocycles. The van der Waals surface area contributed by atoms with E-state index in [0.29, 0.717) is 10.7 Å². The normalized spacial score (nSPS) is 11.3. The number of ketones is 1. The highest BCUT2D eigenvalue weighted by Crippen LogP contribution is 2.27. The first-order chi connectivity index (χ1) is 15.2. The van der Waals surface area contributed by atoms with Gasteiger partial charge >= 0.3 is 0 Å². The zero-order valence-electron chi connectivity index (χ0n) is 17.0. The van der Waals surface area contributed by atoms with Gasteiger partial charge in [-0.2, -0.15) is 0 Å². The molecule has 5 rings (SSSR count). The van der Waals surface area contributed by atoms with Crippen molar-refractivity contribution < 1.29 is 4.79 Å². The van der Waals surface area contributed by atoms with Gasteiger partial charge in [-0.15, -0.1) is 10.2 Å². The van der Waals surface area contributed by atoms with Gasteiger partial charge in [-0.05, 0) is 24.1 Å². The second-order valence-electron chi connectivity index (χ2n) is 7.18. The first-order valence-electron chi connectivity index (χ1n) is 10.2. The van der Waals surface area contributed by atoms with Crippen LogP contribution in [0.2, 0.25) is 0 Å². The highest BCUT2D eigenvalue weighted by atomic mass is 32.2. The zero-order valence-corrected chi connectivity index (χ0v) is 17.8. The number of benzene rings is 3. The lowest BCUT2D eigenvalue weighted by molar-refractivity contribution is 0.102. The van der Waals surface area contributed by atoms with E-state index in [1.165, 1.54) is 11.8 Å². The van der Waals surface area contributed by atoms with E-state index in [2.05, 4.69) is 39.9 Å². The molecule has 0 spiro atoms. The van der Waals surface area contributed by atoms with Crippen molar-refractivity contribution in [1.29, 1.82) is 0 Å². The van der Waals surface area contributed by atoms with Gasteiger partial charge in [-0.3, -0.25) is 4.79 Å². The van der Waals surface area contributed by atoms with Crippen molar-refractivity contribution in [2.75, 3.05) is 5.75 Å². The number of hydrogen-bond donors (Lipinski definition) is 0. The van der Waals surface area contributed by atoms with Crippen molar-refractivity contribution in [3.05, 3.63) is 84.4 Å². The lowest BCUT2D eigenvalue weighted by atomic mass is 10.0. The molecule has 0 fully saturated rings. The Morgan fingerprint density at radius 1 is 0.871 bits per heavy atom. The first kappa shape index (κ1) is 19.5. The molecule has 2 heterocycles. The third-order valence-electron chi connectivity index (χ3n) is 5.32. The Balaban J connectivity index is 1.34. The number of rotatable bonds is 6. The van der Waals surface area contributed by atoms with Crippen LogP contribution in [0.4, 0.5) is 0 Å². The molecule has 5 aromatic rings. The molecule has 152 valence electrons. The number of aryl methyl sites for hydroxylation is 1. The molecule has 0 aliphatic carbocycles. The standard InChI is InChI=1S/C25H20N4OS/c1-2-29-21-11-7-6-10-20(21)23-24(29)26-25(28-27-23)31-16-22(30)19-14-12-18(13-15-19)17-8-4-3-5-9-17/h3-15H,2,16H2,1H3. The molecule has 0 aliphatic heterocycles. The molecule has 0 bridgehead atoms. The number of nitrogens with zero attached hydrogens (tertiary/aromatic N) is 4. The summed E-state index contributed by atoms with van der Waals surface area (Å²) in [5.74, 6) is 0.314. The smallest absolute Gasteiger partial charge is 0.211 e. The van der Waals surface area contributed by atoms with Crippen LogP contribution in [-0.4, -0.2) is 31.3 Å². The van der Waals surface area contributed by atoms with Crippen LogP contribution in [0.15, 0.2) is 84.0 Å². The molecule has 0 unspecified atom stereocenters. The summed E-state index contributed by atoms with van der Waals surface area (Å²) in [6.07, 6.45) is 0. The number of fused-ring (bicyclic) bond motifs is 3. The van der Waals surface area contributed by atoms with Crippen molar-refractivity contribution in [3.63, 3.8) is 0 Å². The lowest BCUT2D eigenvalue weighted by Crippen LogP contribution is -2.04. The minimum absolute atomic E-state index is 0.0457. The average Bonchev–Trinajstić information content (AvgIpc) is 3.16. The molecule has 6 heteroatoms. The SMILES string of the molecule is CCn1c2ccccc2c2nnc(SCC(=O)c3ccc(-c4ccccc4)cc3)nc21. The predicted octanol–water partition coefficient (Wildman–Crippen LogP) is 5.64. The Morgan fingerprint density at radius 2 is 1.58 bits per heavy atom. The van der Waals surface area contributed by atoms with Crippen molar-refractivity contribution in [3.8, 4) is 11.1 Å². The molecule has 0 N–H and O–H groups in total. The molecular weight excluding hydrogens is 404 g/mol. The molecule has 2 aromatic heterocycles. The Labute approximate surface area is 184 Å². The molecule has 0 saturated heterocycles. The van der Waals surface area contributed by atoms with Crippen LogP contribution in [-0.2, 0) is 6.54 Å². The Morgan fingerprint density at radius 3 is 2.35 bits per heavy atom. The van der Waals surface area contributed by atoms with Gasteiger partial charge in [-0.25, -0.2) is 4.98 Å². The minimum atomic E-state index is 0.0457. The quantitative estimate of drug-likeness (QED) is 0.261. The van der Waals surface area contributed by atoms with E-state index in [-0.39, 0.29) is 11.5 Å². The van der Waals surface area contributed by atoms with Crippen LogP contribution in [0, 0.1) is 0 Å². The highest BCUT2D eigenvalue weighted by Gasteiger charge is 2.15. The van der Waals surface area contributed by atoms with Crippen molar-refractivity contribution in [1.82, 2.24) is 19.7 Å². The van der Waals surface area contributed by atoms with E-state index in [1.807, 2.05) is 60.7 Å². The van der Waals surface area contributed by atoms with Gasteiger partial charge < -0.3 is 4.57 Å². The van der Waals surface area contributed by atoms with Crippen LogP contribution in [0.5, 0.6) is 0 Å². The Hall–Kier alpha value is -3.51. The van der Waals surface area contributed by atoms with E-state index in [0.717, 1.165) is 39.7 Å². The van der Waals surface area contributed by atoms with Gasteiger partial charge in [0.15, 0.2) is 11.4 Å². The molecule has 0 radical (unpaired) electrons. The summed E-state index contributed by atoms with van der Waals surface area (Å²) in [6.45, 7) is 2.88.